The molecule has 4 nitrogen and oxygen atoms in total. The van der Waals surface area contributed by atoms with E-state index in [0.717, 1.165) is 31.7 Å². The van der Waals surface area contributed by atoms with E-state index >= 15 is 0 Å². The van der Waals surface area contributed by atoms with Crippen LogP contribution in [0.2, 0.25) is 5.02 Å². The third-order valence-corrected chi connectivity index (χ3v) is 5.26. The molecule has 0 heterocycles. The van der Waals surface area contributed by atoms with E-state index in [0.29, 0.717) is 6.42 Å². The van der Waals surface area contributed by atoms with Crippen LogP contribution in [0.15, 0.2) is 23.1 Å². The Hall–Kier alpha value is -1.14. The summed E-state index contributed by atoms with van der Waals surface area (Å²) < 4.78 is 42.5. The predicted molar refractivity (Wildman–Crippen MR) is 73.9 cm³/mol. The fourth-order valence-corrected chi connectivity index (χ4v) is 3.68. The second-order valence-corrected chi connectivity index (χ2v) is 6.81. The minimum absolute atomic E-state index is 0.153. The van der Waals surface area contributed by atoms with E-state index < -0.39 is 26.9 Å². The summed E-state index contributed by atoms with van der Waals surface area (Å²) in [7, 11) is -2.82. The number of methoxy groups -OCH3 is 1. The van der Waals surface area contributed by atoms with Crippen LogP contribution in [0.1, 0.15) is 26.2 Å². The molecule has 0 aromatic heterocycles. The van der Waals surface area contributed by atoms with Gasteiger partial charge in [0, 0.05) is 0 Å². The van der Waals surface area contributed by atoms with Gasteiger partial charge in [-0.15, -0.1) is 0 Å². The number of rotatable bonds is 6. The molecule has 20 heavy (non-hydrogen) atoms. The van der Waals surface area contributed by atoms with Crippen molar-refractivity contribution in [2.45, 2.75) is 36.3 Å². The van der Waals surface area contributed by atoms with Crippen LogP contribution in [-0.4, -0.2) is 26.7 Å². The molecule has 0 aliphatic heterocycles. The number of hydrogen-bond donors (Lipinski definition) is 0. The molecule has 1 rings (SSSR count). The van der Waals surface area contributed by atoms with Gasteiger partial charge < -0.3 is 4.74 Å². The lowest BCUT2D eigenvalue weighted by Gasteiger charge is -2.15. The number of esters is 1. The van der Waals surface area contributed by atoms with Crippen LogP contribution in [0.25, 0.3) is 0 Å². The van der Waals surface area contributed by atoms with E-state index in [-0.39, 0.29) is 16.3 Å². The van der Waals surface area contributed by atoms with Crippen LogP contribution in [0.4, 0.5) is 4.39 Å². The van der Waals surface area contributed by atoms with E-state index in [4.69, 9.17) is 11.6 Å². The Morgan fingerprint density at radius 3 is 2.60 bits per heavy atom. The van der Waals surface area contributed by atoms with E-state index in [2.05, 4.69) is 4.74 Å². The molecular weight excluding hydrogens is 307 g/mol. The molecule has 1 aromatic carbocycles. The largest absolute Gasteiger partial charge is 0.468 e. The van der Waals surface area contributed by atoms with Crippen molar-refractivity contribution in [2.24, 2.45) is 0 Å². The van der Waals surface area contributed by atoms with Crippen LogP contribution in [-0.2, 0) is 19.4 Å². The normalized spacial score (nSPS) is 13.0. The molecule has 1 unspecified atom stereocenters. The van der Waals surface area contributed by atoms with Crippen LogP contribution < -0.4 is 0 Å². The second-order valence-electron chi connectivity index (χ2n) is 4.27. The highest BCUT2D eigenvalue weighted by Crippen LogP contribution is 2.25. The average molecular weight is 323 g/mol. The van der Waals surface area contributed by atoms with Gasteiger partial charge in [0.2, 0.25) is 0 Å². The topological polar surface area (TPSA) is 60.4 Å². The smallest absolute Gasteiger partial charge is 0.324 e. The fourth-order valence-electron chi connectivity index (χ4n) is 1.74. The molecule has 0 bridgehead atoms. The van der Waals surface area contributed by atoms with Crippen molar-refractivity contribution in [3.8, 4) is 0 Å². The van der Waals surface area contributed by atoms with E-state index in [1.54, 1.807) is 0 Å². The summed E-state index contributed by atoms with van der Waals surface area (Å²) in [5.74, 6) is -1.53. The SMILES string of the molecule is CCCCC(C(=O)OC)S(=O)(=O)c1ccc(F)c(Cl)c1. The zero-order valence-electron chi connectivity index (χ0n) is 11.2. The van der Waals surface area contributed by atoms with Gasteiger partial charge in [-0.25, -0.2) is 12.8 Å². The molecule has 7 heteroatoms. The highest BCUT2D eigenvalue weighted by Gasteiger charge is 2.34. The van der Waals surface area contributed by atoms with Crippen molar-refractivity contribution < 1.29 is 22.3 Å². The maximum atomic E-state index is 13.1. The monoisotopic (exact) mass is 322 g/mol. The van der Waals surface area contributed by atoms with Crippen LogP contribution in [0.5, 0.6) is 0 Å². The van der Waals surface area contributed by atoms with Gasteiger partial charge in [-0.2, -0.15) is 0 Å². The first-order valence-electron chi connectivity index (χ1n) is 6.11. The van der Waals surface area contributed by atoms with E-state index in [9.17, 15) is 17.6 Å². The molecule has 0 N–H and O–H groups in total. The van der Waals surface area contributed by atoms with Crippen LogP contribution in [0, 0.1) is 5.82 Å². The van der Waals surface area contributed by atoms with Crippen molar-refractivity contribution in [2.75, 3.05) is 7.11 Å². The van der Waals surface area contributed by atoms with Gasteiger partial charge in [0.05, 0.1) is 17.0 Å². The standard InChI is InChI=1S/C13H16ClFO4S/c1-3-4-5-12(13(16)19-2)20(17,18)9-6-7-11(15)10(14)8-9/h6-8,12H,3-5H2,1-2H3. The van der Waals surface area contributed by atoms with Gasteiger partial charge in [-0.05, 0) is 24.6 Å². The number of unbranched alkanes of at least 4 members (excludes halogenated alkanes) is 1. The number of hydrogen-bond acceptors (Lipinski definition) is 4. The van der Waals surface area contributed by atoms with Gasteiger partial charge in [0.25, 0.3) is 0 Å². The minimum Gasteiger partial charge on any atom is -0.468 e. The van der Waals surface area contributed by atoms with Crippen molar-refractivity contribution in [1.29, 1.82) is 0 Å². The summed E-state index contributed by atoms with van der Waals surface area (Å²) in [6, 6.07) is 3.07. The minimum atomic E-state index is -3.95. The molecule has 0 amide bonds. The Labute approximate surface area is 122 Å². The molecule has 0 saturated carbocycles. The Morgan fingerprint density at radius 2 is 2.10 bits per heavy atom. The highest BCUT2D eigenvalue weighted by molar-refractivity contribution is 7.92. The van der Waals surface area contributed by atoms with Crippen molar-refractivity contribution in [3.05, 3.63) is 29.0 Å². The lowest BCUT2D eigenvalue weighted by Crippen LogP contribution is -2.31. The quantitative estimate of drug-likeness (QED) is 0.596. The summed E-state index contributed by atoms with van der Waals surface area (Å²) >= 11 is 5.59. The molecule has 0 aliphatic carbocycles. The lowest BCUT2D eigenvalue weighted by molar-refractivity contribution is -0.140. The number of ether oxygens (including phenoxy) is 1. The summed E-state index contributed by atoms with van der Waals surface area (Å²) in [6.45, 7) is 1.88. The molecule has 0 fully saturated rings. The first kappa shape index (κ1) is 16.9. The zero-order valence-corrected chi connectivity index (χ0v) is 12.8. The number of sulfone groups is 1. The second kappa shape index (κ2) is 7.04. The number of carbonyl (C=O) groups is 1. The summed E-state index contributed by atoms with van der Waals surface area (Å²) in [6.07, 6.45) is 1.46. The summed E-state index contributed by atoms with van der Waals surface area (Å²) in [5.41, 5.74) is 0. The Morgan fingerprint density at radius 1 is 1.45 bits per heavy atom. The Balaban J connectivity index is 3.21. The molecule has 0 radical (unpaired) electrons. The summed E-state index contributed by atoms with van der Waals surface area (Å²) in [4.78, 5) is 11.5. The van der Waals surface area contributed by atoms with Crippen LogP contribution >= 0.6 is 11.6 Å². The molecular formula is C13H16ClFO4S. The average Bonchev–Trinajstić information content (AvgIpc) is 2.41. The molecule has 1 aromatic rings. The van der Waals surface area contributed by atoms with Gasteiger partial charge in [0.1, 0.15) is 5.82 Å². The van der Waals surface area contributed by atoms with Gasteiger partial charge >= 0.3 is 5.97 Å². The van der Waals surface area contributed by atoms with Gasteiger partial charge in [-0.3, -0.25) is 4.79 Å². The fraction of sp³-hybridized carbons (Fsp3) is 0.462. The highest BCUT2D eigenvalue weighted by atomic mass is 35.5. The third-order valence-electron chi connectivity index (χ3n) is 2.88. The van der Waals surface area contributed by atoms with Gasteiger partial charge in [0.15, 0.2) is 15.1 Å². The molecule has 0 aliphatic rings. The maximum Gasteiger partial charge on any atom is 0.324 e. The van der Waals surface area contributed by atoms with Crippen molar-refractivity contribution >= 4 is 27.4 Å². The first-order chi connectivity index (χ1) is 9.34. The molecule has 112 valence electrons. The predicted octanol–water partition coefficient (Wildman–Crippen LogP) is 2.98. The number of halogens is 2. The maximum absolute atomic E-state index is 13.1. The van der Waals surface area contributed by atoms with Crippen molar-refractivity contribution in [1.82, 2.24) is 0 Å². The Bertz CT molecular complexity index is 586. The zero-order chi connectivity index (χ0) is 15.3. The van der Waals surface area contributed by atoms with E-state index in [1.165, 1.54) is 0 Å². The number of benzene rings is 1. The van der Waals surface area contributed by atoms with Crippen molar-refractivity contribution in [3.63, 3.8) is 0 Å². The molecule has 1 atom stereocenters. The third kappa shape index (κ3) is 3.70. The lowest BCUT2D eigenvalue weighted by atomic mass is 10.2. The first-order valence-corrected chi connectivity index (χ1v) is 8.03. The Kier molecular flexibility index (Phi) is 5.95. The summed E-state index contributed by atoms with van der Waals surface area (Å²) in [5, 5.41) is -1.60. The van der Waals surface area contributed by atoms with Crippen LogP contribution in [0.3, 0.4) is 0 Å². The van der Waals surface area contributed by atoms with E-state index in [1.807, 2.05) is 6.92 Å². The molecule has 0 saturated heterocycles. The molecule has 0 spiro atoms. The van der Waals surface area contributed by atoms with Gasteiger partial charge in [-0.1, -0.05) is 31.4 Å². The number of carbonyl (C=O) groups excluding carboxylic acids is 1.